The van der Waals surface area contributed by atoms with Crippen molar-refractivity contribution in [1.29, 1.82) is 0 Å². The molecule has 28 heavy (non-hydrogen) atoms. The summed E-state index contributed by atoms with van der Waals surface area (Å²) in [5.41, 5.74) is 2.66. The van der Waals surface area contributed by atoms with Gasteiger partial charge in [0.1, 0.15) is 0 Å². The van der Waals surface area contributed by atoms with Crippen molar-refractivity contribution in [3.63, 3.8) is 0 Å². The lowest BCUT2D eigenvalue weighted by molar-refractivity contribution is 1.27. The van der Waals surface area contributed by atoms with Gasteiger partial charge in [-0.25, -0.2) is 0 Å². The molecule has 0 heterocycles. The monoisotopic (exact) mass is 364 g/mol. The molecule has 0 amide bonds. The minimum Gasteiger partial charge on any atom is -0.0801 e. The van der Waals surface area contributed by atoms with Crippen molar-refractivity contribution in [2.24, 2.45) is 0 Å². The highest BCUT2D eigenvalue weighted by molar-refractivity contribution is 5.23. The summed E-state index contributed by atoms with van der Waals surface area (Å²) < 4.78 is 0. The Hall–Kier alpha value is -3.38. The van der Waals surface area contributed by atoms with Gasteiger partial charge in [-0.2, -0.15) is 0 Å². The van der Waals surface area contributed by atoms with E-state index in [1.807, 2.05) is 72.9 Å². The molecule has 0 nitrogen and oxygen atoms in total. The van der Waals surface area contributed by atoms with Gasteiger partial charge < -0.3 is 0 Å². The minimum atomic E-state index is 0.967. The first kappa shape index (κ1) is 20.9. The third-order valence-corrected chi connectivity index (χ3v) is 3.89. The third-order valence-electron chi connectivity index (χ3n) is 3.89. The molecular weight excluding hydrogens is 336 g/mol. The highest BCUT2D eigenvalue weighted by Gasteiger charge is 1.84. The number of rotatable bonds is 10. The van der Waals surface area contributed by atoms with E-state index >= 15 is 0 Å². The molecule has 0 aliphatic carbocycles. The maximum absolute atomic E-state index is 2.17. The second-order valence-electron chi connectivity index (χ2n) is 6.16. The summed E-state index contributed by atoms with van der Waals surface area (Å²) in [6.45, 7) is 0. The first-order valence-corrected chi connectivity index (χ1v) is 9.68. The summed E-state index contributed by atoms with van der Waals surface area (Å²) in [5, 5.41) is 0. The van der Waals surface area contributed by atoms with Gasteiger partial charge >= 0.3 is 0 Å². The molecule has 0 aliphatic rings. The van der Waals surface area contributed by atoms with Gasteiger partial charge in [-0.15, -0.1) is 0 Å². The van der Waals surface area contributed by atoms with E-state index in [1.165, 1.54) is 11.1 Å². The second-order valence-corrected chi connectivity index (χ2v) is 6.16. The van der Waals surface area contributed by atoms with Crippen LogP contribution in [0, 0.1) is 0 Å². The molecule has 0 bridgehead atoms. The summed E-state index contributed by atoms with van der Waals surface area (Å²) in [4.78, 5) is 0. The van der Waals surface area contributed by atoms with E-state index in [2.05, 4.69) is 72.8 Å². The van der Waals surface area contributed by atoms with E-state index in [4.69, 9.17) is 0 Å². The Kier molecular flexibility index (Phi) is 11.0. The van der Waals surface area contributed by atoms with Crippen LogP contribution in [0.15, 0.2) is 146 Å². The molecule has 0 atom stereocenters. The zero-order valence-corrected chi connectivity index (χ0v) is 16.3. The summed E-state index contributed by atoms with van der Waals surface area (Å²) in [7, 11) is 0. The number of benzene rings is 2. The van der Waals surface area contributed by atoms with Crippen LogP contribution in [-0.4, -0.2) is 0 Å². The molecule has 0 unspecified atom stereocenters. The first-order chi connectivity index (χ1) is 13.9. The molecule has 0 fully saturated rings. The zero-order valence-electron chi connectivity index (χ0n) is 16.3. The Balaban J connectivity index is 1.56. The summed E-state index contributed by atoms with van der Waals surface area (Å²) in [6.07, 6.45) is 30.7. The van der Waals surface area contributed by atoms with Gasteiger partial charge in [0.15, 0.2) is 0 Å². The number of hydrogen-bond donors (Lipinski definition) is 0. The van der Waals surface area contributed by atoms with Gasteiger partial charge in [0.2, 0.25) is 0 Å². The Morgan fingerprint density at radius 1 is 0.357 bits per heavy atom. The fourth-order valence-corrected chi connectivity index (χ4v) is 2.44. The van der Waals surface area contributed by atoms with Crippen molar-refractivity contribution in [2.75, 3.05) is 0 Å². The molecule has 0 aromatic heterocycles. The molecule has 0 saturated carbocycles. The SMILES string of the molecule is C(=C\C=C\C=C\C=C\Cc1ccccc1)/C=C/C=C/C=C/Cc1ccccc1. The molecule has 2 rings (SSSR count). The van der Waals surface area contributed by atoms with E-state index in [9.17, 15) is 0 Å². The zero-order chi connectivity index (χ0) is 19.5. The van der Waals surface area contributed by atoms with Crippen molar-refractivity contribution < 1.29 is 0 Å². The van der Waals surface area contributed by atoms with Crippen LogP contribution in [0.2, 0.25) is 0 Å². The van der Waals surface area contributed by atoms with Crippen LogP contribution in [0.5, 0.6) is 0 Å². The van der Waals surface area contributed by atoms with Gasteiger partial charge in [0, 0.05) is 0 Å². The van der Waals surface area contributed by atoms with Gasteiger partial charge in [-0.1, -0.05) is 146 Å². The van der Waals surface area contributed by atoms with E-state index in [0.717, 1.165) is 12.8 Å². The van der Waals surface area contributed by atoms with Gasteiger partial charge in [0.05, 0.1) is 0 Å². The summed E-state index contributed by atoms with van der Waals surface area (Å²) in [6, 6.07) is 20.9. The molecule has 2 aromatic rings. The Morgan fingerprint density at radius 3 is 0.964 bits per heavy atom. The van der Waals surface area contributed by atoms with E-state index in [0.29, 0.717) is 0 Å². The standard InChI is InChI=1S/C28H28/c1(3-5-7-9-11-15-21-27-23-17-13-18-24-27)2-4-6-8-10-12-16-22-28-25-19-14-20-26-28/h1-20,23-26H,21-22H2/b2-1+,5-3+,6-4+,9-7+,10-8+,15-11+,16-12+. The molecule has 0 heteroatoms. The predicted octanol–water partition coefficient (Wildman–Crippen LogP) is 7.37. The molecule has 0 N–H and O–H groups in total. The average Bonchev–Trinajstić information content (AvgIpc) is 2.75. The first-order valence-electron chi connectivity index (χ1n) is 9.68. The fraction of sp³-hybridized carbons (Fsp3) is 0.0714. The van der Waals surface area contributed by atoms with Crippen molar-refractivity contribution >= 4 is 0 Å². The van der Waals surface area contributed by atoms with Crippen LogP contribution in [0.1, 0.15) is 11.1 Å². The molecule has 140 valence electrons. The van der Waals surface area contributed by atoms with Crippen LogP contribution in [0.25, 0.3) is 0 Å². The van der Waals surface area contributed by atoms with Crippen LogP contribution in [0.3, 0.4) is 0 Å². The Morgan fingerprint density at radius 2 is 0.643 bits per heavy atom. The minimum absolute atomic E-state index is 0.967. The maximum atomic E-state index is 2.17. The quantitative estimate of drug-likeness (QED) is 0.386. The summed E-state index contributed by atoms with van der Waals surface area (Å²) >= 11 is 0. The largest absolute Gasteiger partial charge is 0.0801 e. The van der Waals surface area contributed by atoms with Gasteiger partial charge in [-0.05, 0) is 24.0 Å². The lowest BCUT2D eigenvalue weighted by Crippen LogP contribution is -1.77. The predicted molar refractivity (Wildman–Crippen MR) is 124 cm³/mol. The number of allylic oxidation sites excluding steroid dienone is 14. The van der Waals surface area contributed by atoms with Crippen molar-refractivity contribution in [2.45, 2.75) is 12.8 Å². The smallest absolute Gasteiger partial charge is 0.00943 e. The van der Waals surface area contributed by atoms with E-state index in [-0.39, 0.29) is 0 Å². The van der Waals surface area contributed by atoms with Crippen LogP contribution >= 0.6 is 0 Å². The molecule has 0 radical (unpaired) electrons. The Labute approximate surface area is 170 Å². The molecular formula is C28H28. The van der Waals surface area contributed by atoms with E-state index < -0.39 is 0 Å². The second kappa shape index (κ2) is 14.8. The lowest BCUT2D eigenvalue weighted by Gasteiger charge is -1.92. The van der Waals surface area contributed by atoms with Crippen LogP contribution in [0.4, 0.5) is 0 Å². The highest BCUT2D eigenvalue weighted by atomic mass is 13.9. The third kappa shape index (κ3) is 10.6. The molecule has 0 saturated heterocycles. The lowest BCUT2D eigenvalue weighted by atomic mass is 10.1. The number of hydrogen-bond acceptors (Lipinski definition) is 0. The highest BCUT2D eigenvalue weighted by Crippen LogP contribution is 2.01. The van der Waals surface area contributed by atoms with Crippen LogP contribution in [-0.2, 0) is 12.8 Å². The molecule has 0 spiro atoms. The average molecular weight is 365 g/mol. The van der Waals surface area contributed by atoms with Crippen molar-refractivity contribution in [1.82, 2.24) is 0 Å². The summed E-state index contributed by atoms with van der Waals surface area (Å²) in [5.74, 6) is 0. The maximum Gasteiger partial charge on any atom is -0.00943 e. The topological polar surface area (TPSA) is 0 Å². The van der Waals surface area contributed by atoms with Crippen LogP contribution < -0.4 is 0 Å². The molecule has 0 aliphatic heterocycles. The molecule has 2 aromatic carbocycles. The van der Waals surface area contributed by atoms with Crippen molar-refractivity contribution in [3.8, 4) is 0 Å². The van der Waals surface area contributed by atoms with Gasteiger partial charge in [0.25, 0.3) is 0 Å². The van der Waals surface area contributed by atoms with E-state index in [1.54, 1.807) is 0 Å². The van der Waals surface area contributed by atoms with Gasteiger partial charge in [-0.3, -0.25) is 0 Å². The Bertz CT molecular complexity index is 768. The normalized spacial score (nSPS) is 13.0. The van der Waals surface area contributed by atoms with Crippen molar-refractivity contribution in [3.05, 3.63) is 157 Å². The fourth-order valence-electron chi connectivity index (χ4n) is 2.44.